The minimum Gasteiger partial charge on any atom is -0.481 e. The number of aliphatic hydroxyl groups excluding tert-OH is 1. The Balaban J connectivity index is 1.80. The lowest BCUT2D eigenvalue weighted by Gasteiger charge is -2.41. The normalized spacial score (nSPS) is 24.9. The Bertz CT molecular complexity index is 315. The fourth-order valence-corrected chi connectivity index (χ4v) is 2.56. The van der Waals surface area contributed by atoms with Crippen LogP contribution in [0.5, 0.6) is 0 Å². The summed E-state index contributed by atoms with van der Waals surface area (Å²) in [5, 5.41) is 17.8. The van der Waals surface area contributed by atoms with Crippen LogP contribution in [0.3, 0.4) is 0 Å². The Hall–Kier alpha value is -1.30. The van der Waals surface area contributed by atoms with Crippen LogP contribution in [-0.2, 0) is 4.79 Å². The van der Waals surface area contributed by atoms with E-state index in [1.165, 1.54) is 0 Å². The zero-order valence-electron chi connectivity index (χ0n) is 9.71. The molecule has 0 bridgehead atoms. The zero-order valence-corrected chi connectivity index (χ0v) is 9.71. The SMILES string of the molecule is O=C(O)CC1CN(C(=O)N2CCCC2CO)C1. The van der Waals surface area contributed by atoms with E-state index in [0.29, 0.717) is 19.6 Å². The van der Waals surface area contributed by atoms with Gasteiger partial charge in [-0.3, -0.25) is 4.79 Å². The van der Waals surface area contributed by atoms with Crippen molar-refractivity contribution in [3.05, 3.63) is 0 Å². The van der Waals surface area contributed by atoms with Crippen molar-refractivity contribution in [3.8, 4) is 0 Å². The van der Waals surface area contributed by atoms with Crippen molar-refractivity contribution in [2.75, 3.05) is 26.2 Å². The molecule has 2 fully saturated rings. The second kappa shape index (κ2) is 4.91. The van der Waals surface area contributed by atoms with Gasteiger partial charge < -0.3 is 20.0 Å². The number of carbonyl (C=O) groups is 2. The number of nitrogens with zero attached hydrogens (tertiary/aromatic N) is 2. The van der Waals surface area contributed by atoms with Gasteiger partial charge in [0, 0.05) is 25.6 Å². The lowest BCUT2D eigenvalue weighted by Crippen LogP contribution is -2.56. The first-order valence-corrected chi connectivity index (χ1v) is 6.00. The summed E-state index contributed by atoms with van der Waals surface area (Å²) < 4.78 is 0. The van der Waals surface area contributed by atoms with E-state index in [0.717, 1.165) is 12.8 Å². The van der Waals surface area contributed by atoms with Crippen LogP contribution in [0.25, 0.3) is 0 Å². The van der Waals surface area contributed by atoms with Gasteiger partial charge in [0.25, 0.3) is 0 Å². The van der Waals surface area contributed by atoms with Gasteiger partial charge in [-0.25, -0.2) is 4.79 Å². The fourth-order valence-electron chi connectivity index (χ4n) is 2.56. The number of hydrogen-bond donors (Lipinski definition) is 2. The number of carbonyl (C=O) groups excluding carboxylic acids is 1. The van der Waals surface area contributed by atoms with E-state index >= 15 is 0 Å². The van der Waals surface area contributed by atoms with Crippen molar-refractivity contribution >= 4 is 12.0 Å². The monoisotopic (exact) mass is 242 g/mol. The van der Waals surface area contributed by atoms with E-state index in [9.17, 15) is 9.59 Å². The second-order valence-corrected chi connectivity index (χ2v) is 4.82. The van der Waals surface area contributed by atoms with Gasteiger partial charge in [0.2, 0.25) is 0 Å². The second-order valence-electron chi connectivity index (χ2n) is 4.82. The lowest BCUT2D eigenvalue weighted by molar-refractivity contribution is -0.139. The van der Waals surface area contributed by atoms with Gasteiger partial charge in [-0.2, -0.15) is 0 Å². The molecular formula is C11H18N2O4. The van der Waals surface area contributed by atoms with Gasteiger partial charge in [0.1, 0.15) is 0 Å². The average Bonchev–Trinajstić information content (AvgIpc) is 2.69. The van der Waals surface area contributed by atoms with Crippen LogP contribution in [0, 0.1) is 5.92 Å². The number of carboxylic acid groups (broad SMARTS) is 1. The standard InChI is InChI=1S/C11H18N2O4/c14-7-9-2-1-3-13(9)11(17)12-5-8(6-12)4-10(15)16/h8-9,14H,1-7H2,(H,15,16). The van der Waals surface area contributed by atoms with Gasteiger partial charge in [-0.1, -0.05) is 0 Å². The van der Waals surface area contributed by atoms with E-state index < -0.39 is 5.97 Å². The summed E-state index contributed by atoms with van der Waals surface area (Å²) in [6.07, 6.45) is 1.92. The van der Waals surface area contributed by atoms with Crippen molar-refractivity contribution in [2.45, 2.75) is 25.3 Å². The minimum atomic E-state index is -0.809. The minimum absolute atomic E-state index is 0.0120. The highest BCUT2D eigenvalue weighted by molar-refractivity contribution is 5.76. The maximum Gasteiger partial charge on any atom is 0.320 e. The number of carboxylic acids is 1. The zero-order chi connectivity index (χ0) is 12.4. The third-order valence-corrected chi connectivity index (χ3v) is 3.52. The van der Waals surface area contributed by atoms with Gasteiger partial charge in [0.15, 0.2) is 0 Å². The van der Waals surface area contributed by atoms with Gasteiger partial charge in [-0.05, 0) is 12.8 Å². The molecule has 0 aromatic rings. The summed E-state index contributed by atoms with van der Waals surface area (Å²) in [7, 11) is 0. The molecule has 2 N–H and O–H groups in total. The number of rotatable bonds is 3. The molecule has 0 saturated carbocycles. The highest BCUT2D eigenvalue weighted by atomic mass is 16.4. The topological polar surface area (TPSA) is 81.1 Å². The molecule has 6 nitrogen and oxygen atoms in total. The highest BCUT2D eigenvalue weighted by Gasteiger charge is 2.37. The molecule has 1 unspecified atom stereocenters. The predicted octanol–water partition coefficient (Wildman–Crippen LogP) is -0.0304. The van der Waals surface area contributed by atoms with Crippen molar-refractivity contribution in [1.82, 2.24) is 9.80 Å². The number of aliphatic hydroxyl groups is 1. The molecule has 0 aliphatic carbocycles. The maximum atomic E-state index is 12.0. The molecule has 2 rings (SSSR count). The largest absolute Gasteiger partial charge is 0.481 e. The molecule has 0 aromatic heterocycles. The number of amides is 2. The maximum absolute atomic E-state index is 12.0. The smallest absolute Gasteiger partial charge is 0.320 e. The first-order valence-electron chi connectivity index (χ1n) is 6.00. The summed E-state index contributed by atoms with van der Waals surface area (Å²) in [6, 6.07) is -0.107. The number of likely N-dealkylation sites (tertiary alicyclic amines) is 2. The van der Waals surface area contributed by atoms with Crippen LogP contribution < -0.4 is 0 Å². The summed E-state index contributed by atoms with van der Waals surface area (Å²) >= 11 is 0. The van der Waals surface area contributed by atoms with Crippen LogP contribution in [0.4, 0.5) is 4.79 Å². The number of hydrogen-bond acceptors (Lipinski definition) is 3. The molecule has 1 atom stereocenters. The third kappa shape index (κ3) is 2.52. The molecule has 2 aliphatic heterocycles. The van der Waals surface area contributed by atoms with Gasteiger partial charge >= 0.3 is 12.0 Å². The predicted molar refractivity (Wildman–Crippen MR) is 59.5 cm³/mol. The van der Waals surface area contributed by atoms with Crippen molar-refractivity contribution < 1.29 is 19.8 Å². The Labute approximate surface area is 99.8 Å². The molecule has 2 heterocycles. The average molecular weight is 242 g/mol. The first-order chi connectivity index (χ1) is 8.11. The molecule has 2 amide bonds. The van der Waals surface area contributed by atoms with Crippen molar-refractivity contribution in [1.29, 1.82) is 0 Å². The van der Waals surface area contributed by atoms with Crippen LogP contribution in [0.2, 0.25) is 0 Å². The molecule has 2 aliphatic rings. The molecular weight excluding hydrogens is 224 g/mol. The fraction of sp³-hybridized carbons (Fsp3) is 0.818. The van der Waals surface area contributed by atoms with E-state index in [4.69, 9.17) is 10.2 Å². The highest BCUT2D eigenvalue weighted by Crippen LogP contribution is 2.24. The summed E-state index contributed by atoms with van der Waals surface area (Å²) in [6.45, 7) is 1.77. The van der Waals surface area contributed by atoms with E-state index in [1.807, 2.05) is 0 Å². The molecule has 96 valence electrons. The summed E-state index contributed by atoms with van der Waals surface area (Å²) in [5.74, 6) is -0.719. The Kier molecular flexibility index (Phi) is 3.51. The van der Waals surface area contributed by atoms with Gasteiger partial charge in [0.05, 0.1) is 19.1 Å². The molecule has 17 heavy (non-hydrogen) atoms. The quantitative estimate of drug-likeness (QED) is 0.728. The summed E-state index contributed by atoms with van der Waals surface area (Å²) in [4.78, 5) is 25.9. The molecule has 2 saturated heterocycles. The van der Waals surface area contributed by atoms with Crippen LogP contribution in [-0.4, -0.2) is 64.3 Å². The number of aliphatic carboxylic acids is 1. The molecule has 6 heteroatoms. The van der Waals surface area contributed by atoms with E-state index in [2.05, 4.69) is 0 Å². The Morgan fingerprint density at radius 2 is 2.00 bits per heavy atom. The Morgan fingerprint density at radius 3 is 2.59 bits per heavy atom. The molecule has 0 spiro atoms. The first kappa shape index (κ1) is 12.2. The van der Waals surface area contributed by atoms with Crippen LogP contribution in [0.15, 0.2) is 0 Å². The van der Waals surface area contributed by atoms with E-state index in [-0.39, 0.29) is 31.0 Å². The number of urea groups is 1. The van der Waals surface area contributed by atoms with E-state index in [1.54, 1.807) is 9.80 Å². The van der Waals surface area contributed by atoms with Crippen LogP contribution >= 0.6 is 0 Å². The van der Waals surface area contributed by atoms with Gasteiger partial charge in [-0.15, -0.1) is 0 Å². The summed E-state index contributed by atoms with van der Waals surface area (Å²) in [5.41, 5.74) is 0. The van der Waals surface area contributed by atoms with Crippen molar-refractivity contribution in [3.63, 3.8) is 0 Å². The molecule has 0 radical (unpaired) electrons. The van der Waals surface area contributed by atoms with Crippen molar-refractivity contribution in [2.24, 2.45) is 5.92 Å². The Morgan fingerprint density at radius 1 is 1.29 bits per heavy atom. The van der Waals surface area contributed by atoms with Crippen LogP contribution in [0.1, 0.15) is 19.3 Å². The third-order valence-electron chi connectivity index (χ3n) is 3.52. The lowest BCUT2D eigenvalue weighted by atomic mass is 9.97. The molecule has 0 aromatic carbocycles.